The summed E-state index contributed by atoms with van der Waals surface area (Å²) in [5.74, 6) is -0.914. The van der Waals surface area contributed by atoms with Crippen molar-refractivity contribution in [3.63, 3.8) is 0 Å². The van der Waals surface area contributed by atoms with Gasteiger partial charge in [0.25, 0.3) is 0 Å². The van der Waals surface area contributed by atoms with Gasteiger partial charge in [0.2, 0.25) is 0 Å². The second-order valence-corrected chi connectivity index (χ2v) is 12.9. The minimum atomic E-state index is -1.34. The number of aliphatic carboxylic acids is 1. The van der Waals surface area contributed by atoms with E-state index in [1.165, 1.54) is 0 Å². The summed E-state index contributed by atoms with van der Waals surface area (Å²) in [5, 5.41) is 42.4. The number of rotatable bonds is 6. The van der Waals surface area contributed by atoms with Crippen LogP contribution in [0.1, 0.15) is 86.0 Å². The van der Waals surface area contributed by atoms with Gasteiger partial charge in [-0.3, -0.25) is 9.59 Å². The van der Waals surface area contributed by atoms with E-state index in [2.05, 4.69) is 27.4 Å². The average molecular weight is 489 g/mol. The van der Waals surface area contributed by atoms with Crippen molar-refractivity contribution in [2.45, 2.75) is 104 Å². The Hall–Kier alpha value is -1.50. The molecule has 0 amide bonds. The van der Waals surface area contributed by atoms with E-state index in [9.17, 15) is 30.0 Å². The third-order valence-corrected chi connectivity index (χ3v) is 11.0. The van der Waals surface area contributed by atoms with Crippen molar-refractivity contribution in [2.24, 2.45) is 40.4 Å². The molecule has 0 heterocycles. The Bertz CT molecular complexity index is 949. The molecule has 0 aliphatic heterocycles. The molecule has 0 aromatic carbocycles. The number of carbonyl (C=O) groups excluding carboxylic acids is 1. The Morgan fingerprint density at radius 2 is 1.80 bits per heavy atom. The normalized spacial score (nSPS) is 44.8. The molecule has 0 radical (unpaired) electrons. The van der Waals surface area contributed by atoms with Gasteiger partial charge in [-0.15, -0.1) is 0 Å². The van der Waals surface area contributed by atoms with Crippen molar-refractivity contribution < 1.29 is 30.0 Å². The lowest BCUT2D eigenvalue weighted by atomic mass is 9.47. The van der Waals surface area contributed by atoms with Gasteiger partial charge in [0.05, 0.1) is 23.7 Å². The van der Waals surface area contributed by atoms with Crippen LogP contribution in [0.2, 0.25) is 0 Å². The van der Waals surface area contributed by atoms with E-state index in [1.54, 1.807) is 13.8 Å². The lowest BCUT2D eigenvalue weighted by molar-refractivity contribution is -0.174. The second-order valence-electron chi connectivity index (χ2n) is 12.9. The molecule has 6 nitrogen and oxygen atoms in total. The number of carboxylic acids is 1. The molecule has 3 unspecified atom stereocenters. The zero-order valence-electron chi connectivity index (χ0n) is 22.0. The van der Waals surface area contributed by atoms with Crippen LogP contribution in [0.25, 0.3) is 0 Å². The highest BCUT2D eigenvalue weighted by atomic mass is 16.4. The van der Waals surface area contributed by atoms with Gasteiger partial charge in [-0.1, -0.05) is 32.9 Å². The largest absolute Gasteiger partial charge is 0.481 e. The molecular formula is C29H44O6. The summed E-state index contributed by atoms with van der Waals surface area (Å²) < 4.78 is 0. The van der Waals surface area contributed by atoms with Crippen molar-refractivity contribution in [1.29, 1.82) is 0 Å². The van der Waals surface area contributed by atoms with Crippen LogP contribution in [0.3, 0.4) is 0 Å². The Kier molecular flexibility index (Phi) is 6.69. The maximum Gasteiger partial charge on any atom is 0.310 e. The fourth-order valence-corrected chi connectivity index (χ4v) is 8.71. The highest BCUT2D eigenvalue weighted by molar-refractivity contribution is 5.99. The van der Waals surface area contributed by atoms with E-state index in [-0.39, 0.29) is 23.0 Å². The summed E-state index contributed by atoms with van der Waals surface area (Å²) >= 11 is 0. The first-order valence-corrected chi connectivity index (χ1v) is 13.4. The molecular weight excluding hydrogens is 444 g/mol. The second kappa shape index (κ2) is 8.81. The van der Waals surface area contributed by atoms with Crippen molar-refractivity contribution in [2.75, 3.05) is 0 Å². The minimum absolute atomic E-state index is 0.0974. The van der Waals surface area contributed by atoms with Gasteiger partial charge >= 0.3 is 5.97 Å². The van der Waals surface area contributed by atoms with Gasteiger partial charge in [-0.25, -0.2) is 0 Å². The number of carbonyl (C=O) groups is 2. The molecule has 2 saturated carbocycles. The van der Waals surface area contributed by atoms with Gasteiger partial charge in [0.15, 0.2) is 5.78 Å². The Balaban J connectivity index is 1.62. The molecule has 2 fully saturated rings. The molecule has 0 aromatic heterocycles. The molecule has 4 aliphatic rings. The summed E-state index contributed by atoms with van der Waals surface area (Å²) in [5.41, 5.74) is 0.277. The van der Waals surface area contributed by atoms with Crippen LogP contribution in [-0.4, -0.2) is 50.0 Å². The standard InChI is InChI=1S/C29H44O6/c1-15(17(3)26(33)34)7-8-16(2)18-9-10-19-24-20(30)13-22-27(4,12-11-23(32)29(22,6)35)25(24)21(31)14-28(18,19)5/h16-20,22-23,30,32,35H,1,7-14H2,2-6H3,(H,33,34)/t16-,17+,18?,19?,20+,22?,23-,27+,28-,29-/m1/s1. The number of allylic oxidation sites excluding steroid dienone is 1. The molecule has 6 heteroatoms. The maximum atomic E-state index is 13.9. The Morgan fingerprint density at radius 3 is 2.43 bits per heavy atom. The maximum absolute atomic E-state index is 13.9. The van der Waals surface area contributed by atoms with E-state index in [0.29, 0.717) is 43.9 Å². The molecule has 0 saturated heterocycles. The van der Waals surface area contributed by atoms with Crippen molar-refractivity contribution in [3.8, 4) is 0 Å². The predicted octanol–water partition coefficient (Wildman–Crippen LogP) is 4.27. The topological polar surface area (TPSA) is 115 Å². The van der Waals surface area contributed by atoms with E-state index >= 15 is 0 Å². The molecule has 0 spiro atoms. The van der Waals surface area contributed by atoms with Crippen LogP contribution in [0.15, 0.2) is 23.3 Å². The van der Waals surface area contributed by atoms with Crippen LogP contribution in [0.4, 0.5) is 0 Å². The summed E-state index contributed by atoms with van der Waals surface area (Å²) in [6, 6.07) is 0. The summed E-state index contributed by atoms with van der Waals surface area (Å²) in [4.78, 5) is 25.2. The number of ketones is 1. The smallest absolute Gasteiger partial charge is 0.310 e. The fraction of sp³-hybridized carbons (Fsp3) is 0.793. The van der Waals surface area contributed by atoms with Crippen LogP contribution in [-0.2, 0) is 9.59 Å². The van der Waals surface area contributed by atoms with Gasteiger partial charge < -0.3 is 20.4 Å². The summed E-state index contributed by atoms with van der Waals surface area (Å²) in [7, 11) is 0. The highest BCUT2D eigenvalue weighted by Gasteiger charge is 2.63. The van der Waals surface area contributed by atoms with Gasteiger partial charge in [0.1, 0.15) is 0 Å². The molecule has 0 aromatic rings. The zero-order valence-corrected chi connectivity index (χ0v) is 22.0. The number of aliphatic hydroxyl groups is 3. The lowest BCUT2D eigenvalue weighted by Crippen LogP contribution is -2.61. The number of aliphatic hydroxyl groups excluding tert-OH is 2. The minimum Gasteiger partial charge on any atom is -0.481 e. The first-order chi connectivity index (χ1) is 16.2. The summed E-state index contributed by atoms with van der Waals surface area (Å²) in [6.45, 7) is 13.8. The van der Waals surface area contributed by atoms with Gasteiger partial charge in [-0.05, 0) is 87.5 Å². The van der Waals surface area contributed by atoms with Crippen LogP contribution < -0.4 is 0 Å². The predicted molar refractivity (Wildman–Crippen MR) is 133 cm³/mol. The third-order valence-electron chi connectivity index (χ3n) is 11.0. The van der Waals surface area contributed by atoms with E-state index < -0.39 is 35.1 Å². The van der Waals surface area contributed by atoms with Gasteiger partial charge in [-0.2, -0.15) is 0 Å². The van der Waals surface area contributed by atoms with Gasteiger partial charge in [0, 0.05) is 23.3 Å². The Morgan fingerprint density at radius 1 is 1.14 bits per heavy atom. The molecule has 4 rings (SSSR count). The first kappa shape index (κ1) is 26.6. The molecule has 196 valence electrons. The molecule has 4 N–H and O–H groups in total. The molecule has 35 heavy (non-hydrogen) atoms. The number of hydrogen-bond acceptors (Lipinski definition) is 5. The number of fused-ring (bicyclic) bond motifs is 4. The van der Waals surface area contributed by atoms with Crippen LogP contribution in [0.5, 0.6) is 0 Å². The fourth-order valence-electron chi connectivity index (χ4n) is 8.71. The van der Waals surface area contributed by atoms with E-state index in [1.807, 2.05) is 0 Å². The van der Waals surface area contributed by atoms with Crippen LogP contribution >= 0.6 is 0 Å². The third kappa shape index (κ3) is 3.95. The SMILES string of the molecule is C=C(CC[C@@H](C)C1CCC2C3=C(C(=O)C[C@@]21C)[C@@]1(C)CC[C@@H](O)[C@](C)(O)C1C[C@@H]3O)[C@H](C)C(=O)O. The van der Waals surface area contributed by atoms with Crippen molar-refractivity contribution in [1.82, 2.24) is 0 Å². The highest BCUT2D eigenvalue weighted by Crippen LogP contribution is 2.66. The van der Waals surface area contributed by atoms with Crippen molar-refractivity contribution >= 4 is 11.8 Å². The zero-order chi connectivity index (χ0) is 26.1. The number of carboxylic acid groups (broad SMARTS) is 1. The molecule has 10 atom stereocenters. The molecule has 4 aliphatic carbocycles. The lowest BCUT2D eigenvalue weighted by Gasteiger charge is -2.59. The quantitative estimate of drug-likeness (QED) is 0.415. The number of hydrogen-bond donors (Lipinski definition) is 4. The van der Waals surface area contributed by atoms with E-state index in [4.69, 9.17) is 0 Å². The average Bonchev–Trinajstić information content (AvgIpc) is 3.12. The van der Waals surface area contributed by atoms with Crippen molar-refractivity contribution in [3.05, 3.63) is 23.3 Å². The van der Waals surface area contributed by atoms with Crippen LogP contribution in [0, 0.1) is 40.4 Å². The molecule has 0 bridgehead atoms. The summed E-state index contributed by atoms with van der Waals surface area (Å²) in [6.07, 6.45) is 3.68. The monoisotopic (exact) mass is 488 g/mol. The Labute approximate surface area is 209 Å². The van der Waals surface area contributed by atoms with E-state index in [0.717, 1.165) is 36.0 Å². The first-order valence-electron chi connectivity index (χ1n) is 13.4. The number of Topliss-reactive ketones (excluding diaryl/α,β-unsaturated/α-hetero) is 1.